The minimum Gasteiger partial charge on any atom is -0.481 e. The number of urea groups is 1. The zero-order chi connectivity index (χ0) is 15.7. The molecule has 0 aliphatic heterocycles. The Morgan fingerprint density at radius 1 is 1.24 bits per heavy atom. The first-order valence-electron chi connectivity index (χ1n) is 7.06. The van der Waals surface area contributed by atoms with Crippen LogP contribution in [0.3, 0.4) is 0 Å². The Morgan fingerprint density at radius 3 is 2.48 bits per heavy atom. The van der Waals surface area contributed by atoms with E-state index in [1.54, 1.807) is 7.05 Å². The van der Waals surface area contributed by atoms with Crippen LogP contribution < -0.4 is 10.6 Å². The minimum absolute atomic E-state index is 0.0539. The fourth-order valence-electron chi connectivity index (χ4n) is 1.69. The molecule has 0 saturated carbocycles. The summed E-state index contributed by atoms with van der Waals surface area (Å²) in [5.74, 6) is -0.912. The molecule has 3 N–H and O–H groups in total. The number of rotatable bonds is 8. The molecule has 2 amide bonds. The number of nitrogens with zero attached hydrogens (tertiary/aromatic N) is 1. The van der Waals surface area contributed by atoms with Crippen LogP contribution in [0.5, 0.6) is 0 Å². The van der Waals surface area contributed by atoms with Gasteiger partial charge in [0.15, 0.2) is 0 Å². The van der Waals surface area contributed by atoms with E-state index >= 15 is 0 Å². The summed E-state index contributed by atoms with van der Waals surface area (Å²) in [6.07, 6.45) is 1.02. The number of anilines is 1. The lowest BCUT2D eigenvalue weighted by molar-refractivity contribution is -0.137. The fourth-order valence-corrected chi connectivity index (χ4v) is 1.69. The highest BCUT2D eigenvalue weighted by atomic mass is 16.4. The van der Waals surface area contributed by atoms with Crippen molar-refractivity contribution in [2.75, 3.05) is 25.5 Å². The summed E-state index contributed by atoms with van der Waals surface area (Å²) in [6.45, 7) is 3.66. The Bertz CT molecular complexity index is 460. The molecule has 0 aromatic heterocycles. The number of amides is 2. The van der Waals surface area contributed by atoms with Gasteiger partial charge < -0.3 is 20.6 Å². The molecular formula is C15H23N3O3. The number of carboxylic acids is 1. The van der Waals surface area contributed by atoms with Crippen molar-refractivity contribution in [2.45, 2.75) is 26.3 Å². The van der Waals surface area contributed by atoms with Gasteiger partial charge in [-0.25, -0.2) is 4.79 Å². The molecular weight excluding hydrogens is 270 g/mol. The van der Waals surface area contributed by atoms with Gasteiger partial charge in [0.05, 0.1) is 6.42 Å². The van der Waals surface area contributed by atoms with Crippen LogP contribution in [0.4, 0.5) is 10.5 Å². The van der Waals surface area contributed by atoms with Crippen LogP contribution in [-0.4, -0.2) is 42.1 Å². The monoisotopic (exact) mass is 293 g/mol. The summed E-state index contributed by atoms with van der Waals surface area (Å²) in [5, 5.41) is 14.6. The number of carbonyl (C=O) groups is 2. The molecule has 1 aromatic rings. The summed E-state index contributed by atoms with van der Waals surface area (Å²) < 4.78 is 0. The van der Waals surface area contributed by atoms with Crippen molar-refractivity contribution >= 4 is 17.7 Å². The molecule has 0 aliphatic carbocycles. The first kappa shape index (κ1) is 16.8. The molecule has 116 valence electrons. The van der Waals surface area contributed by atoms with Gasteiger partial charge in [-0.1, -0.05) is 19.1 Å². The van der Waals surface area contributed by atoms with E-state index in [0.29, 0.717) is 6.54 Å². The Hall–Kier alpha value is -2.24. The van der Waals surface area contributed by atoms with Crippen molar-refractivity contribution in [3.8, 4) is 0 Å². The van der Waals surface area contributed by atoms with Crippen LogP contribution in [-0.2, 0) is 11.3 Å². The molecule has 0 saturated heterocycles. The topological polar surface area (TPSA) is 81.7 Å². The van der Waals surface area contributed by atoms with Gasteiger partial charge in [-0.3, -0.25) is 4.79 Å². The molecule has 0 aliphatic rings. The number of aliphatic carboxylic acids is 1. The summed E-state index contributed by atoms with van der Waals surface area (Å²) in [7, 11) is 1.58. The molecule has 0 heterocycles. The minimum atomic E-state index is -0.912. The fraction of sp³-hybridized carbons (Fsp3) is 0.467. The van der Waals surface area contributed by atoms with E-state index in [1.165, 1.54) is 4.90 Å². The van der Waals surface area contributed by atoms with Crippen molar-refractivity contribution in [3.63, 3.8) is 0 Å². The van der Waals surface area contributed by atoms with Crippen LogP contribution in [0.1, 0.15) is 25.3 Å². The van der Waals surface area contributed by atoms with Crippen molar-refractivity contribution in [2.24, 2.45) is 0 Å². The average Bonchev–Trinajstić information content (AvgIpc) is 2.49. The maximum absolute atomic E-state index is 11.7. The summed E-state index contributed by atoms with van der Waals surface area (Å²) in [4.78, 5) is 23.6. The van der Waals surface area contributed by atoms with E-state index in [0.717, 1.165) is 24.2 Å². The van der Waals surface area contributed by atoms with Crippen molar-refractivity contribution < 1.29 is 14.7 Å². The van der Waals surface area contributed by atoms with E-state index in [4.69, 9.17) is 5.11 Å². The lowest BCUT2D eigenvalue weighted by atomic mass is 10.2. The zero-order valence-electron chi connectivity index (χ0n) is 12.6. The maximum Gasteiger partial charge on any atom is 0.317 e. The molecule has 21 heavy (non-hydrogen) atoms. The van der Waals surface area contributed by atoms with Crippen LogP contribution in [0.25, 0.3) is 0 Å². The predicted molar refractivity (Wildman–Crippen MR) is 82.3 cm³/mol. The van der Waals surface area contributed by atoms with Gasteiger partial charge in [-0.15, -0.1) is 0 Å². The average molecular weight is 293 g/mol. The van der Waals surface area contributed by atoms with E-state index in [-0.39, 0.29) is 19.0 Å². The van der Waals surface area contributed by atoms with Gasteiger partial charge >= 0.3 is 12.0 Å². The van der Waals surface area contributed by atoms with Gasteiger partial charge in [0.2, 0.25) is 0 Å². The standard InChI is InChI=1S/C15H23N3O3/c1-3-9-16-13-6-4-12(5-7-13)11-17-15(21)18(2)10-8-14(19)20/h4-7,16H,3,8-11H2,1-2H3,(H,17,21)(H,19,20). The van der Waals surface area contributed by atoms with E-state index < -0.39 is 5.97 Å². The number of carbonyl (C=O) groups excluding carboxylic acids is 1. The third-order valence-electron chi connectivity index (χ3n) is 2.98. The van der Waals surface area contributed by atoms with E-state index in [9.17, 15) is 9.59 Å². The zero-order valence-corrected chi connectivity index (χ0v) is 12.6. The first-order chi connectivity index (χ1) is 10.0. The van der Waals surface area contributed by atoms with Gasteiger partial charge in [-0.2, -0.15) is 0 Å². The van der Waals surface area contributed by atoms with Crippen LogP contribution in [0.2, 0.25) is 0 Å². The van der Waals surface area contributed by atoms with Gasteiger partial charge in [0.25, 0.3) is 0 Å². The van der Waals surface area contributed by atoms with Crippen LogP contribution in [0, 0.1) is 0 Å². The number of hydrogen-bond acceptors (Lipinski definition) is 3. The SMILES string of the molecule is CCCNc1ccc(CNC(=O)N(C)CCC(=O)O)cc1. The van der Waals surface area contributed by atoms with Crippen molar-refractivity contribution in [3.05, 3.63) is 29.8 Å². The van der Waals surface area contributed by atoms with E-state index in [2.05, 4.69) is 17.6 Å². The second kappa shape index (κ2) is 8.84. The summed E-state index contributed by atoms with van der Waals surface area (Å²) in [5.41, 5.74) is 2.06. The first-order valence-corrected chi connectivity index (χ1v) is 7.06. The summed E-state index contributed by atoms with van der Waals surface area (Å²) in [6, 6.07) is 7.59. The third kappa shape index (κ3) is 6.65. The lowest BCUT2D eigenvalue weighted by Gasteiger charge is -2.17. The lowest BCUT2D eigenvalue weighted by Crippen LogP contribution is -2.37. The smallest absolute Gasteiger partial charge is 0.317 e. The number of hydrogen-bond donors (Lipinski definition) is 3. The number of carboxylic acid groups (broad SMARTS) is 1. The normalized spacial score (nSPS) is 10.0. The molecule has 6 heteroatoms. The number of nitrogens with one attached hydrogen (secondary N) is 2. The van der Waals surface area contributed by atoms with Crippen molar-refractivity contribution in [1.82, 2.24) is 10.2 Å². The quantitative estimate of drug-likeness (QED) is 0.686. The highest BCUT2D eigenvalue weighted by Crippen LogP contribution is 2.09. The Labute approximate surface area is 125 Å². The maximum atomic E-state index is 11.7. The molecule has 0 atom stereocenters. The van der Waals surface area contributed by atoms with Crippen molar-refractivity contribution in [1.29, 1.82) is 0 Å². The van der Waals surface area contributed by atoms with Crippen LogP contribution >= 0.6 is 0 Å². The highest BCUT2D eigenvalue weighted by molar-refractivity contribution is 5.75. The molecule has 6 nitrogen and oxygen atoms in total. The van der Waals surface area contributed by atoms with Gasteiger partial charge in [0.1, 0.15) is 0 Å². The van der Waals surface area contributed by atoms with Gasteiger partial charge in [0, 0.05) is 32.4 Å². The second-order valence-corrected chi connectivity index (χ2v) is 4.85. The Morgan fingerprint density at radius 2 is 1.90 bits per heavy atom. The molecule has 0 spiro atoms. The molecule has 1 rings (SSSR count). The summed E-state index contributed by atoms with van der Waals surface area (Å²) >= 11 is 0. The van der Waals surface area contributed by atoms with Gasteiger partial charge in [-0.05, 0) is 24.1 Å². The third-order valence-corrected chi connectivity index (χ3v) is 2.98. The Balaban J connectivity index is 2.36. The highest BCUT2D eigenvalue weighted by Gasteiger charge is 2.09. The molecule has 0 bridgehead atoms. The molecule has 1 aromatic carbocycles. The molecule has 0 fully saturated rings. The predicted octanol–water partition coefficient (Wildman–Crippen LogP) is 2.12. The number of benzene rings is 1. The molecule has 0 unspecified atom stereocenters. The molecule has 0 radical (unpaired) electrons. The van der Waals surface area contributed by atoms with Crippen LogP contribution in [0.15, 0.2) is 24.3 Å². The second-order valence-electron chi connectivity index (χ2n) is 4.85. The van der Waals surface area contributed by atoms with E-state index in [1.807, 2.05) is 24.3 Å². The largest absolute Gasteiger partial charge is 0.481 e. The Kier molecular flexibility index (Phi) is 7.08.